The van der Waals surface area contributed by atoms with Gasteiger partial charge in [0.25, 0.3) is 0 Å². The van der Waals surface area contributed by atoms with Crippen LogP contribution in [0.25, 0.3) is 11.3 Å². The Morgan fingerprint density at radius 3 is 2.62 bits per heavy atom. The monoisotopic (exact) mass is 369 g/mol. The number of thiophene rings is 1. The zero-order valence-corrected chi connectivity index (χ0v) is 15.7. The van der Waals surface area contributed by atoms with Gasteiger partial charge in [0.2, 0.25) is 5.95 Å². The zero-order valence-electron chi connectivity index (χ0n) is 14.9. The fourth-order valence-electron chi connectivity index (χ4n) is 2.45. The van der Waals surface area contributed by atoms with Crippen molar-refractivity contribution in [3.05, 3.63) is 53.0 Å². The molecule has 0 aliphatic heterocycles. The molecular formula is C19H23N5OS. The quantitative estimate of drug-likeness (QED) is 0.562. The lowest BCUT2D eigenvalue weighted by Gasteiger charge is -2.20. The van der Waals surface area contributed by atoms with Crippen LogP contribution in [0, 0.1) is 5.92 Å². The fourth-order valence-corrected chi connectivity index (χ4v) is 3.10. The fraction of sp³-hybridized carbons (Fsp3) is 0.316. The Bertz CT molecular complexity index is 808. The molecule has 0 fully saturated rings. The predicted octanol–water partition coefficient (Wildman–Crippen LogP) is 3.64. The van der Waals surface area contributed by atoms with Gasteiger partial charge in [0, 0.05) is 28.9 Å². The molecule has 3 N–H and O–H groups in total. The van der Waals surface area contributed by atoms with Gasteiger partial charge in [-0.1, -0.05) is 19.9 Å². The zero-order chi connectivity index (χ0) is 18.4. The standard InChI is InChI=1S/C19H23N5OS/c1-13(2)17(12-25)23-19-22-16(14-5-7-20-8-6-14)10-18(24-19)21-11-15-4-3-9-26-15/h3-10,13,17,25H,11-12H2,1-2H3,(H2,21,22,23,24)/t17-/m0/s1. The highest BCUT2D eigenvalue weighted by atomic mass is 32.1. The molecule has 3 aromatic heterocycles. The molecule has 26 heavy (non-hydrogen) atoms. The van der Waals surface area contributed by atoms with Crippen LogP contribution in [0.2, 0.25) is 0 Å². The van der Waals surface area contributed by atoms with Crippen molar-refractivity contribution in [2.24, 2.45) is 5.92 Å². The summed E-state index contributed by atoms with van der Waals surface area (Å²) in [6, 6.07) is 9.78. The smallest absolute Gasteiger partial charge is 0.225 e. The molecule has 0 aromatic carbocycles. The molecule has 3 rings (SSSR count). The van der Waals surface area contributed by atoms with Crippen molar-refractivity contribution in [2.45, 2.75) is 26.4 Å². The number of aliphatic hydroxyl groups is 1. The van der Waals surface area contributed by atoms with Crippen molar-refractivity contribution in [2.75, 3.05) is 17.2 Å². The summed E-state index contributed by atoms with van der Waals surface area (Å²) in [6.45, 7) is 4.84. The lowest BCUT2D eigenvalue weighted by Crippen LogP contribution is -2.30. The van der Waals surface area contributed by atoms with E-state index in [0.29, 0.717) is 12.5 Å². The first-order valence-corrected chi connectivity index (χ1v) is 9.47. The highest BCUT2D eigenvalue weighted by molar-refractivity contribution is 7.09. The first-order valence-electron chi connectivity index (χ1n) is 8.59. The first kappa shape index (κ1) is 18.3. The van der Waals surface area contributed by atoms with Gasteiger partial charge in [-0.15, -0.1) is 11.3 Å². The summed E-state index contributed by atoms with van der Waals surface area (Å²) in [7, 11) is 0. The maximum absolute atomic E-state index is 9.60. The summed E-state index contributed by atoms with van der Waals surface area (Å²) in [6.07, 6.45) is 3.49. The van der Waals surface area contributed by atoms with Crippen LogP contribution >= 0.6 is 11.3 Å². The minimum Gasteiger partial charge on any atom is -0.394 e. The molecule has 3 heterocycles. The van der Waals surface area contributed by atoms with E-state index < -0.39 is 0 Å². The van der Waals surface area contributed by atoms with Gasteiger partial charge in [-0.2, -0.15) is 4.98 Å². The second-order valence-electron chi connectivity index (χ2n) is 6.31. The molecule has 0 saturated heterocycles. The van der Waals surface area contributed by atoms with E-state index in [4.69, 9.17) is 0 Å². The van der Waals surface area contributed by atoms with Crippen molar-refractivity contribution in [1.82, 2.24) is 15.0 Å². The lowest BCUT2D eigenvalue weighted by atomic mass is 10.1. The van der Waals surface area contributed by atoms with E-state index in [1.807, 2.05) is 24.3 Å². The third kappa shape index (κ3) is 4.77. The molecule has 0 saturated carbocycles. The Balaban J connectivity index is 1.88. The number of nitrogens with one attached hydrogen (secondary N) is 2. The van der Waals surface area contributed by atoms with E-state index in [1.165, 1.54) is 4.88 Å². The number of aromatic nitrogens is 3. The Hall–Kier alpha value is -2.51. The highest BCUT2D eigenvalue weighted by Gasteiger charge is 2.15. The molecule has 0 unspecified atom stereocenters. The van der Waals surface area contributed by atoms with Crippen molar-refractivity contribution >= 4 is 23.1 Å². The van der Waals surface area contributed by atoms with Crippen LogP contribution in [-0.4, -0.2) is 32.7 Å². The Morgan fingerprint density at radius 1 is 1.15 bits per heavy atom. The number of nitrogens with zero attached hydrogens (tertiary/aromatic N) is 3. The number of hydrogen-bond donors (Lipinski definition) is 3. The summed E-state index contributed by atoms with van der Waals surface area (Å²) in [5.41, 5.74) is 1.77. The van der Waals surface area contributed by atoms with Gasteiger partial charge in [0.05, 0.1) is 24.9 Å². The molecule has 6 nitrogen and oxygen atoms in total. The van der Waals surface area contributed by atoms with Crippen LogP contribution < -0.4 is 10.6 Å². The maximum atomic E-state index is 9.60. The van der Waals surface area contributed by atoms with Crippen LogP contribution in [0.3, 0.4) is 0 Å². The minimum absolute atomic E-state index is 0.0263. The SMILES string of the molecule is CC(C)[C@H](CO)Nc1nc(NCc2cccs2)cc(-c2ccncc2)n1. The summed E-state index contributed by atoms with van der Waals surface area (Å²) < 4.78 is 0. The molecular weight excluding hydrogens is 346 g/mol. The lowest BCUT2D eigenvalue weighted by molar-refractivity contribution is 0.248. The van der Waals surface area contributed by atoms with Crippen molar-refractivity contribution < 1.29 is 5.11 Å². The second-order valence-corrected chi connectivity index (χ2v) is 7.34. The molecule has 0 amide bonds. The second kappa shape index (κ2) is 8.73. The van der Waals surface area contributed by atoms with Crippen LogP contribution in [0.15, 0.2) is 48.1 Å². The summed E-state index contributed by atoms with van der Waals surface area (Å²) in [5.74, 6) is 1.50. The van der Waals surface area contributed by atoms with Gasteiger partial charge >= 0.3 is 0 Å². The first-order chi connectivity index (χ1) is 12.7. The number of hydrogen-bond acceptors (Lipinski definition) is 7. The van der Waals surface area contributed by atoms with Crippen LogP contribution in [0.1, 0.15) is 18.7 Å². The third-order valence-electron chi connectivity index (χ3n) is 4.04. The number of aliphatic hydroxyl groups excluding tert-OH is 1. The van der Waals surface area contributed by atoms with Crippen LogP contribution in [0.4, 0.5) is 11.8 Å². The van der Waals surface area contributed by atoms with E-state index in [9.17, 15) is 5.11 Å². The van der Waals surface area contributed by atoms with Gasteiger partial charge in [-0.25, -0.2) is 4.98 Å². The van der Waals surface area contributed by atoms with E-state index in [2.05, 4.69) is 50.9 Å². The number of pyridine rings is 1. The van der Waals surface area contributed by atoms with Gasteiger partial charge in [0.1, 0.15) is 5.82 Å². The van der Waals surface area contributed by atoms with Crippen LogP contribution in [-0.2, 0) is 6.54 Å². The van der Waals surface area contributed by atoms with E-state index >= 15 is 0 Å². The van der Waals surface area contributed by atoms with Crippen LogP contribution in [0.5, 0.6) is 0 Å². The largest absolute Gasteiger partial charge is 0.394 e. The number of anilines is 2. The molecule has 3 aromatic rings. The molecule has 0 aliphatic carbocycles. The Morgan fingerprint density at radius 2 is 1.96 bits per heavy atom. The van der Waals surface area contributed by atoms with E-state index in [0.717, 1.165) is 17.1 Å². The van der Waals surface area contributed by atoms with Gasteiger partial charge < -0.3 is 15.7 Å². The molecule has 0 aliphatic rings. The van der Waals surface area contributed by atoms with Gasteiger partial charge in [-0.05, 0) is 29.5 Å². The Labute approximate surface area is 157 Å². The van der Waals surface area contributed by atoms with Crippen molar-refractivity contribution in [3.8, 4) is 11.3 Å². The van der Waals surface area contributed by atoms with E-state index in [-0.39, 0.29) is 18.6 Å². The predicted molar refractivity (Wildman–Crippen MR) is 106 cm³/mol. The molecule has 0 bridgehead atoms. The summed E-state index contributed by atoms with van der Waals surface area (Å²) >= 11 is 1.70. The van der Waals surface area contributed by atoms with E-state index in [1.54, 1.807) is 23.7 Å². The highest BCUT2D eigenvalue weighted by Crippen LogP contribution is 2.22. The summed E-state index contributed by atoms with van der Waals surface area (Å²) in [5, 5.41) is 18.3. The maximum Gasteiger partial charge on any atom is 0.225 e. The average Bonchev–Trinajstić information content (AvgIpc) is 3.18. The third-order valence-corrected chi connectivity index (χ3v) is 4.92. The molecule has 0 spiro atoms. The molecule has 1 atom stereocenters. The number of rotatable bonds is 8. The van der Waals surface area contributed by atoms with Gasteiger partial charge in [0.15, 0.2) is 0 Å². The molecule has 7 heteroatoms. The average molecular weight is 369 g/mol. The normalized spacial score (nSPS) is 12.2. The topological polar surface area (TPSA) is 83.0 Å². The Kier molecular flexibility index (Phi) is 6.14. The van der Waals surface area contributed by atoms with Gasteiger partial charge in [-0.3, -0.25) is 4.98 Å². The molecule has 136 valence electrons. The summed E-state index contributed by atoms with van der Waals surface area (Å²) in [4.78, 5) is 14.5. The minimum atomic E-state index is -0.104. The molecule has 0 radical (unpaired) electrons. The van der Waals surface area contributed by atoms with Crippen molar-refractivity contribution in [1.29, 1.82) is 0 Å². The van der Waals surface area contributed by atoms with Crippen molar-refractivity contribution in [3.63, 3.8) is 0 Å².